The molecule has 5 heteroatoms. The van der Waals surface area contributed by atoms with Crippen molar-refractivity contribution in [1.29, 1.82) is 0 Å². The Balaban J connectivity index is 1.84. The molecule has 0 N–H and O–H groups in total. The van der Waals surface area contributed by atoms with Crippen LogP contribution in [0.25, 0.3) is 0 Å². The van der Waals surface area contributed by atoms with Gasteiger partial charge in [-0.25, -0.2) is 8.42 Å². The van der Waals surface area contributed by atoms with E-state index < -0.39 is 15.3 Å². The molecule has 0 aromatic heterocycles. The molecule has 1 unspecified atom stereocenters. The predicted molar refractivity (Wildman–Crippen MR) is 99.2 cm³/mol. The van der Waals surface area contributed by atoms with Crippen molar-refractivity contribution in [1.82, 2.24) is 4.90 Å². The zero-order valence-corrected chi connectivity index (χ0v) is 16.3. The van der Waals surface area contributed by atoms with E-state index in [0.717, 1.165) is 44.3 Å². The molecule has 0 bridgehead atoms. The van der Waals surface area contributed by atoms with Crippen LogP contribution in [0.4, 0.5) is 0 Å². The fourth-order valence-corrected chi connectivity index (χ4v) is 4.85. The highest BCUT2D eigenvalue weighted by Gasteiger charge is 2.48. The summed E-state index contributed by atoms with van der Waals surface area (Å²) >= 11 is 0. The highest BCUT2D eigenvalue weighted by Crippen LogP contribution is 2.46. The van der Waals surface area contributed by atoms with Crippen LogP contribution in [0.2, 0.25) is 0 Å². The summed E-state index contributed by atoms with van der Waals surface area (Å²) in [6, 6.07) is 6.98. The molecule has 138 valence electrons. The largest absolute Gasteiger partial charge is 0.342 e. The lowest BCUT2D eigenvalue weighted by Gasteiger charge is -2.46. The van der Waals surface area contributed by atoms with Gasteiger partial charge in [0.2, 0.25) is 5.91 Å². The molecule has 0 radical (unpaired) electrons. The molecule has 1 aliphatic carbocycles. The van der Waals surface area contributed by atoms with Gasteiger partial charge in [0.1, 0.15) is 0 Å². The standard InChI is InChI=1S/C20H29NO3S/c1-15(2)16-6-4-13-21(14-16)19(22)20(11-5-12-20)17-7-9-18(10-8-17)25(3,23)24/h7-10,15-16H,4-6,11-14H2,1-3H3. The molecule has 1 aromatic carbocycles. The minimum Gasteiger partial charge on any atom is -0.342 e. The molecule has 0 spiro atoms. The average molecular weight is 364 g/mol. The number of amides is 1. The van der Waals surface area contributed by atoms with Crippen molar-refractivity contribution in [3.05, 3.63) is 29.8 Å². The van der Waals surface area contributed by atoms with E-state index in [4.69, 9.17) is 0 Å². The normalized spacial score (nSPS) is 23.4. The Labute approximate surface area is 151 Å². The van der Waals surface area contributed by atoms with Crippen LogP contribution in [0.15, 0.2) is 29.2 Å². The first kappa shape index (κ1) is 18.4. The van der Waals surface area contributed by atoms with Gasteiger partial charge in [0.25, 0.3) is 0 Å². The lowest BCUT2D eigenvalue weighted by atomic mass is 9.63. The number of likely N-dealkylation sites (tertiary alicyclic amines) is 1. The Morgan fingerprint density at radius 2 is 1.80 bits per heavy atom. The third-order valence-electron chi connectivity index (χ3n) is 6.14. The van der Waals surface area contributed by atoms with Crippen molar-refractivity contribution in [3.63, 3.8) is 0 Å². The number of sulfone groups is 1. The lowest BCUT2D eigenvalue weighted by Crippen LogP contribution is -2.54. The summed E-state index contributed by atoms with van der Waals surface area (Å²) in [5.74, 6) is 1.43. The fraction of sp³-hybridized carbons (Fsp3) is 0.650. The SMILES string of the molecule is CC(C)C1CCCN(C(=O)C2(c3ccc(S(C)(=O)=O)cc3)CCC2)C1. The van der Waals surface area contributed by atoms with Gasteiger partial charge in [-0.1, -0.05) is 32.4 Å². The number of hydrogen-bond donors (Lipinski definition) is 0. The summed E-state index contributed by atoms with van der Waals surface area (Å²) in [5, 5.41) is 0. The summed E-state index contributed by atoms with van der Waals surface area (Å²) < 4.78 is 23.4. The van der Waals surface area contributed by atoms with Gasteiger partial charge in [-0.2, -0.15) is 0 Å². The number of carbonyl (C=O) groups excluding carboxylic acids is 1. The Bertz CT molecular complexity index is 733. The molecule has 1 aromatic rings. The summed E-state index contributed by atoms with van der Waals surface area (Å²) in [7, 11) is -3.21. The maximum atomic E-state index is 13.4. The molecule has 1 amide bonds. The molecular weight excluding hydrogens is 334 g/mol. The van der Waals surface area contributed by atoms with Gasteiger partial charge in [0, 0.05) is 19.3 Å². The monoisotopic (exact) mass is 363 g/mol. The minimum atomic E-state index is -3.21. The van der Waals surface area contributed by atoms with Gasteiger partial charge in [0.05, 0.1) is 10.3 Å². The molecule has 25 heavy (non-hydrogen) atoms. The van der Waals surface area contributed by atoms with Gasteiger partial charge in [0.15, 0.2) is 9.84 Å². The van der Waals surface area contributed by atoms with Crippen LogP contribution in [0.3, 0.4) is 0 Å². The van der Waals surface area contributed by atoms with Crippen LogP contribution in [-0.4, -0.2) is 38.6 Å². The van der Waals surface area contributed by atoms with Crippen molar-refractivity contribution in [2.75, 3.05) is 19.3 Å². The number of benzene rings is 1. The zero-order chi connectivity index (χ0) is 18.2. The summed E-state index contributed by atoms with van der Waals surface area (Å²) in [6.45, 7) is 6.19. The van der Waals surface area contributed by atoms with Gasteiger partial charge in [-0.15, -0.1) is 0 Å². The zero-order valence-electron chi connectivity index (χ0n) is 15.5. The topological polar surface area (TPSA) is 54.5 Å². The Hall–Kier alpha value is -1.36. The number of hydrogen-bond acceptors (Lipinski definition) is 3. The Morgan fingerprint density at radius 1 is 1.16 bits per heavy atom. The van der Waals surface area contributed by atoms with Crippen molar-refractivity contribution in [2.24, 2.45) is 11.8 Å². The van der Waals surface area contributed by atoms with Crippen molar-refractivity contribution < 1.29 is 13.2 Å². The highest BCUT2D eigenvalue weighted by molar-refractivity contribution is 7.90. The number of nitrogens with zero attached hydrogens (tertiary/aromatic N) is 1. The first-order chi connectivity index (χ1) is 11.7. The second-order valence-electron chi connectivity index (χ2n) is 8.13. The molecule has 1 saturated heterocycles. The van der Waals surface area contributed by atoms with Crippen molar-refractivity contribution in [3.8, 4) is 0 Å². The third-order valence-corrected chi connectivity index (χ3v) is 7.27. The van der Waals surface area contributed by atoms with Gasteiger partial charge < -0.3 is 4.90 Å². The quantitative estimate of drug-likeness (QED) is 0.824. The average Bonchev–Trinajstić information content (AvgIpc) is 2.53. The van der Waals surface area contributed by atoms with Crippen LogP contribution in [-0.2, 0) is 20.0 Å². The number of carbonyl (C=O) groups is 1. The van der Waals surface area contributed by atoms with E-state index in [1.165, 1.54) is 12.7 Å². The lowest BCUT2D eigenvalue weighted by molar-refractivity contribution is -0.143. The molecule has 3 rings (SSSR count). The highest BCUT2D eigenvalue weighted by atomic mass is 32.2. The minimum absolute atomic E-state index is 0.246. The first-order valence-corrected chi connectivity index (χ1v) is 11.2. The second kappa shape index (κ2) is 6.75. The van der Waals surface area contributed by atoms with E-state index in [-0.39, 0.29) is 5.91 Å². The van der Waals surface area contributed by atoms with Gasteiger partial charge in [-0.05, 0) is 55.2 Å². The molecular formula is C20H29NO3S. The van der Waals surface area contributed by atoms with Crippen molar-refractivity contribution in [2.45, 2.75) is 56.3 Å². The van der Waals surface area contributed by atoms with E-state index in [1.54, 1.807) is 12.1 Å². The molecule has 4 nitrogen and oxygen atoms in total. The molecule has 1 atom stereocenters. The van der Waals surface area contributed by atoms with Crippen LogP contribution >= 0.6 is 0 Å². The van der Waals surface area contributed by atoms with Gasteiger partial charge in [-0.3, -0.25) is 4.79 Å². The number of rotatable bonds is 4. The molecule has 1 aliphatic heterocycles. The fourth-order valence-electron chi connectivity index (χ4n) is 4.22. The van der Waals surface area contributed by atoms with E-state index in [1.807, 2.05) is 12.1 Å². The summed E-state index contributed by atoms with van der Waals surface area (Å²) in [5.41, 5.74) is 0.539. The van der Waals surface area contributed by atoms with E-state index in [0.29, 0.717) is 16.7 Å². The smallest absolute Gasteiger partial charge is 0.233 e. The molecule has 2 fully saturated rings. The summed E-state index contributed by atoms with van der Waals surface area (Å²) in [4.78, 5) is 15.7. The van der Waals surface area contributed by atoms with Crippen LogP contribution < -0.4 is 0 Å². The Kier molecular flexibility index (Phi) is 4.97. The van der Waals surface area contributed by atoms with Crippen LogP contribution in [0, 0.1) is 11.8 Å². The first-order valence-electron chi connectivity index (χ1n) is 9.34. The van der Waals surface area contributed by atoms with E-state index >= 15 is 0 Å². The Morgan fingerprint density at radius 3 is 2.28 bits per heavy atom. The number of piperidine rings is 1. The molecule has 1 heterocycles. The molecule has 2 aliphatic rings. The maximum Gasteiger partial charge on any atom is 0.233 e. The molecule has 1 saturated carbocycles. The van der Waals surface area contributed by atoms with E-state index in [9.17, 15) is 13.2 Å². The van der Waals surface area contributed by atoms with Crippen LogP contribution in [0.1, 0.15) is 51.5 Å². The maximum absolute atomic E-state index is 13.4. The van der Waals surface area contributed by atoms with Gasteiger partial charge >= 0.3 is 0 Å². The third kappa shape index (κ3) is 3.48. The summed E-state index contributed by atoms with van der Waals surface area (Å²) in [6.07, 6.45) is 6.29. The van der Waals surface area contributed by atoms with Crippen molar-refractivity contribution >= 4 is 15.7 Å². The van der Waals surface area contributed by atoms with Crippen LogP contribution in [0.5, 0.6) is 0 Å². The predicted octanol–water partition coefficient (Wildman–Crippen LogP) is 3.41. The second-order valence-corrected chi connectivity index (χ2v) is 10.1. The van der Waals surface area contributed by atoms with E-state index in [2.05, 4.69) is 18.7 Å².